The maximum Gasteiger partial charge on any atom is 0.190 e. The maximum atomic E-state index is 9.98. The number of aliphatic hydroxyl groups is 1. The first kappa shape index (κ1) is 14.9. The van der Waals surface area contributed by atoms with Gasteiger partial charge in [0.05, 0.1) is 6.10 Å². The van der Waals surface area contributed by atoms with Crippen LogP contribution in [0.5, 0.6) is 5.75 Å². The molecule has 1 N–H and O–H groups in total. The minimum absolute atomic E-state index is 0.274. The molecule has 6 heteroatoms. The minimum atomic E-state index is -0.546. The third-order valence-electron chi connectivity index (χ3n) is 2.90. The summed E-state index contributed by atoms with van der Waals surface area (Å²) in [5, 5.41) is 18.5. The summed E-state index contributed by atoms with van der Waals surface area (Å²) in [6, 6.07) is 6.00. The van der Waals surface area contributed by atoms with E-state index in [1.54, 1.807) is 6.33 Å². The van der Waals surface area contributed by atoms with Gasteiger partial charge in [-0.25, -0.2) is 0 Å². The molecule has 1 atom stereocenters. The van der Waals surface area contributed by atoms with Crippen LogP contribution in [0.1, 0.15) is 11.1 Å². The number of hydrogen-bond donors (Lipinski definition) is 1. The SMILES string of the molecule is Cc1cccc(C)c1OC[C@@H](O)CSc1nncn1C. The second-order valence-corrected chi connectivity index (χ2v) is 5.71. The van der Waals surface area contributed by atoms with Crippen LogP contribution in [0.3, 0.4) is 0 Å². The van der Waals surface area contributed by atoms with Gasteiger partial charge >= 0.3 is 0 Å². The molecule has 0 aliphatic heterocycles. The van der Waals surface area contributed by atoms with Crippen molar-refractivity contribution in [2.24, 2.45) is 7.05 Å². The Hall–Kier alpha value is -1.53. The molecule has 0 aliphatic rings. The van der Waals surface area contributed by atoms with Crippen molar-refractivity contribution in [2.45, 2.75) is 25.1 Å². The van der Waals surface area contributed by atoms with Crippen LogP contribution in [0.2, 0.25) is 0 Å². The summed E-state index contributed by atoms with van der Waals surface area (Å²) in [7, 11) is 1.88. The van der Waals surface area contributed by atoms with E-state index in [-0.39, 0.29) is 6.61 Å². The number of ether oxygens (including phenoxy) is 1. The molecule has 0 radical (unpaired) electrons. The average molecular weight is 293 g/mol. The number of nitrogens with zero attached hydrogens (tertiary/aromatic N) is 3. The molecule has 5 nitrogen and oxygen atoms in total. The van der Waals surface area contributed by atoms with E-state index in [0.29, 0.717) is 5.75 Å². The highest BCUT2D eigenvalue weighted by Gasteiger charge is 2.11. The number of para-hydroxylation sites is 1. The minimum Gasteiger partial charge on any atom is -0.490 e. The maximum absolute atomic E-state index is 9.98. The van der Waals surface area contributed by atoms with Crippen molar-refractivity contribution in [3.05, 3.63) is 35.7 Å². The predicted molar refractivity (Wildman–Crippen MR) is 79.1 cm³/mol. The van der Waals surface area contributed by atoms with Crippen LogP contribution in [0.25, 0.3) is 0 Å². The lowest BCUT2D eigenvalue weighted by atomic mass is 10.1. The fraction of sp³-hybridized carbons (Fsp3) is 0.429. The number of thioether (sulfide) groups is 1. The molecule has 1 aromatic heterocycles. The van der Waals surface area contributed by atoms with Crippen LogP contribution in [0.4, 0.5) is 0 Å². The Labute approximate surface area is 123 Å². The Balaban J connectivity index is 1.83. The van der Waals surface area contributed by atoms with Crippen LogP contribution in [-0.4, -0.2) is 38.3 Å². The van der Waals surface area contributed by atoms with E-state index in [1.165, 1.54) is 11.8 Å². The van der Waals surface area contributed by atoms with E-state index in [2.05, 4.69) is 10.2 Å². The molecule has 2 rings (SSSR count). The number of rotatable bonds is 6. The molecule has 20 heavy (non-hydrogen) atoms. The molecular formula is C14H19N3O2S. The van der Waals surface area contributed by atoms with Crippen molar-refractivity contribution in [2.75, 3.05) is 12.4 Å². The van der Waals surface area contributed by atoms with Gasteiger partial charge < -0.3 is 14.4 Å². The van der Waals surface area contributed by atoms with E-state index < -0.39 is 6.10 Å². The summed E-state index contributed by atoms with van der Waals surface area (Å²) in [5.74, 6) is 1.38. The highest BCUT2D eigenvalue weighted by atomic mass is 32.2. The van der Waals surface area contributed by atoms with E-state index in [0.717, 1.165) is 22.0 Å². The van der Waals surface area contributed by atoms with Crippen molar-refractivity contribution >= 4 is 11.8 Å². The van der Waals surface area contributed by atoms with Gasteiger partial charge in [-0.1, -0.05) is 30.0 Å². The van der Waals surface area contributed by atoms with Crippen molar-refractivity contribution in [1.82, 2.24) is 14.8 Å². The van der Waals surface area contributed by atoms with E-state index in [4.69, 9.17) is 4.74 Å². The molecular weight excluding hydrogens is 274 g/mol. The Kier molecular flexibility index (Phi) is 5.03. The number of hydrogen-bond acceptors (Lipinski definition) is 5. The first-order valence-corrected chi connectivity index (χ1v) is 7.40. The second-order valence-electron chi connectivity index (χ2n) is 4.72. The summed E-state index contributed by atoms with van der Waals surface area (Å²) in [6.45, 7) is 4.28. The molecule has 0 saturated carbocycles. The molecule has 2 aromatic rings. The molecule has 0 fully saturated rings. The Morgan fingerprint density at radius 3 is 2.65 bits per heavy atom. The highest BCUT2D eigenvalue weighted by Crippen LogP contribution is 2.23. The first-order valence-electron chi connectivity index (χ1n) is 6.42. The van der Waals surface area contributed by atoms with Crippen molar-refractivity contribution in [1.29, 1.82) is 0 Å². The van der Waals surface area contributed by atoms with Gasteiger partial charge in [-0.05, 0) is 25.0 Å². The van der Waals surface area contributed by atoms with Gasteiger partial charge in [0.2, 0.25) is 0 Å². The monoisotopic (exact) mass is 293 g/mol. The molecule has 0 aliphatic carbocycles. The van der Waals surface area contributed by atoms with E-state index in [1.807, 2.05) is 43.7 Å². The third-order valence-corrected chi connectivity index (χ3v) is 4.08. The van der Waals surface area contributed by atoms with Crippen LogP contribution in [-0.2, 0) is 7.05 Å². The lowest BCUT2D eigenvalue weighted by molar-refractivity contribution is 0.125. The van der Waals surface area contributed by atoms with Crippen LogP contribution in [0.15, 0.2) is 29.7 Å². The Morgan fingerprint density at radius 1 is 1.35 bits per heavy atom. The highest BCUT2D eigenvalue weighted by molar-refractivity contribution is 7.99. The average Bonchev–Trinajstić information content (AvgIpc) is 2.81. The molecule has 0 unspecified atom stereocenters. The quantitative estimate of drug-likeness (QED) is 0.825. The van der Waals surface area contributed by atoms with Gasteiger partial charge in [0.25, 0.3) is 0 Å². The van der Waals surface area contributed by atoms with Crippen LogP contribution >= 0.6 is 11.8 Å². The molecule has 0 bridgehead atoms. The van der Waals surface area contributed by atoms with Crippen molar-refractivity contribution in [3.8, 4) is 5.75 Å². The summed E-state index contributed by atoms with van der Waals surface area (Å²) in [4.78, 5) is 0. The molecule has 1 heterocycles. The zero-order chi connectivity index (χ0) is 14.5. The fourth-order valence-electron chi connectivity index (χ4n) is 1.83. The van der Waals surface area contributed by atoms with Gasteiger partial charge in [-0.2, -0.15) is 0 Å². The van der Waals surface area contributed by atoms with Gasteiger partial charge in [-0.3, -0.25) is 0 Å². The molecule has 0 saturated heterocycles. The summed E-state index contributed by atoms with van der Waals surface area (Å²) < 4.78 is 7.55. The van der Waals surface area contributed by atoms with Crippen LogP contribution in [0, 0.1) is 13.8 Å². The van der Waals surface area contributed by atoms with Crippen molar-refractivity contribution in [3.63, 3.8) is 0 Å². The zero-order valence-electron chi connectivity index (χ0n) is 11.9. The molecule has 1 aromatic carbocycles. The number of aromatic nitrogens is 3. The lowest BCUT2D eigenvalue weighted by Gasteiger charge is -2.15. The predicted octanol–water partition coefficient (Wildman–Crippen LogP) is 1.96. The smallest absolute Gasteiger partial charge is 0.190 e. The van der Waals surface area contributed by atoms with Gasteiger partial charge in [0.1, 0.15) is 18.7 Å². The summed E-state index contributed by atoms with van der Waals surface area (Å²) in [6.07, 6.45) is 1.10. The molecule has 108 valence electrons. The van der Waals surface area contributed by atoms with Crippen LogP contribution < -0.4 is 4.74 Å². The van der Waals surface area contributed by atoms with Gasteiger partial charge in [-0.15, -0.1) is 10.2 Å². The third kappa shape index (κ3) is 3.74. The number of benzene rings is 1. The number of aryl methyl sites for hydroxylation is 3. The summed E-state index contributed by atoms with van der Waals surface area (Å²) >= 11 is 1.46. The van der Waals surface area contributed by atoms with Crippen molar-refractivity contribution < 1.29 is 9.84 Å². The van der Waals surface area contributed by atoms with Gasteiger partial charge in [0.15, 0.2) is 5.16 Å². The summed E-state index contributed by atoms with van der Waals surface area (Å²) in [5.41, 5.74) is 2.16. The lowest BCUT2D eigenvalue weighted by Crippen LogP contribution is -2.21. The Morgan fingerprint density at radius 2 is 2.05 bits per heavy atom. The molecule has 0 spiro atoms. The topological polar surface area (TPSA) is 60.2 Å². The van der Waals surface area contributed by atoms with E-state index in [9.17, 15) is 5.11 Å². The van der Waals surface area contributed by atoms with Gasteiger partial charge in [0, 0.05) is 12.8 Å². The molecule has 0 amide bonds. The van der Waals surface area contributed by atoms with E-state index >= 15 is 0 Å². The first-order chi connectivity index (χ1) is 9.58. The fourth-order valence-corrected chi connectivity index (χ4v) is 2.62. The largest absolute Gasteiger partial charge is 0.490 e. The number of aliphatic hydroxyl groups excluding tert-OH is 1. The normalized spacial score (nSPS) is 12.4. The standard InChI is InChI=1S/C14H19N3O2S/c1-10-5-4-6-11(2)13(10)19-7-12(18)8-20-14-16-15-9-17(14)3/h4-6,9,12,18H,7-8H2,1-3H3/t12-/m1/s1. The second kappa shape index (κ2) is 6.76. The zero-order valence-corrected chi connectivity index (χ0v) is 12.7. The Bertz CT molecular complexity index is 551.